The molecule has 0 amide bonds. The van der Waals surface area contributed by atoms with Gasteiger partial charge in [0, 0.05) is 12.1 Å². The van der Waals surface area contributed by atoms with E-state index < -0.39 is 9.84 Å². The Morgan fingerprint density at radius 2 is 2.31 bits per heavy atom. The van der Waals surface area contributed by atoms with Gasteiger partial charge in [-0.05, 0) is 12.5 Å². The first-order chi connectivity index (χ1) is 7.59. The maximum atomic E-state index is 11.3. The molecule has 1 N–H and O–H groups in total. The van der Waals surface area contributed by atoms with Crippen molar-refractivity contribution in [1.82, 2.24) is 4.98 Å². The Morgan fingerprint density at radius 1 is 1.50 bits per heavy atom. The predicted octanol–water partition coefficient (Wildman–Crippen LogP) is 0.689. The molecule has 16 heavy (non-hydrogen) atoms. The third-order valence-electron chi connectivity index (χ3n) is 2.55. The molecule has 1 atom stereocenters. The van der Waals surface area contributed by atoms with Crippen molar-refractivity contribution < 1.29 is 13.2 Å². The summed E-state index contributed by atoms with van der Waals surface area (Å²) in [7, 11) is -1.28. The van der Waals surface area contributed by atoms with Gasteiger partial charge < -0.3 is 10.1 Å². The van der Waals surface area contributed by atoms with Gasteiger partial charge in [-0.1, -0.05) is 0 Å². The molecule has 0 saturated carbocycles. The van der Waals surface area contributed by atoms with Crippen LogP contribution in [0.4, 0.5) is 5.69 Å². The first-order valence-corrected chi connectivity index (χ1v) is 6.88. The van der Waals surface area contributed by atoms with Crippen LogP contribution in [-0.2, 0) is 9.84 Å². The Hall–Kier alpha value is -1.30. The Bertz CT molecular complexity index is 455. The van der Waals surface area contributed by atoms with Crippen LogP contribution < -0.4 is 10.1 Å². The van der Waals surface area contributed by atoms with Gasteiger partial charge in [-0.15, -0.1) is 0 Å². The second-order valence-electron chi connectivity index (χ2n) is 3.83. The second-order valence-corrected chi connectivity index (χ2v) is 6.06. The van der Waals surface area contributed by atoms with Crippen molar-refractivity contribution in [3.8, 4) is 5.88 Å². The van der Waals surface area contributed by atoms with Gasteiger partial charge >= 0.3 is 0 Å². The van der Waals surface area contributed by atoms with Gasteiger partial charge in [-0.25, -0.2) is 13.4 Å². The van der Waals surface area contributed by atoms with Gasteiger partial charge in [0.15, 0.2) is 9.84 Å². The van der Waals surface area contributed by atoms with Gasteiger partial charge in [0.25, 0.3) is 0 Å². The molecular weight excluding hydrogens is 228 g/mol. The zero-order valence-electron chi connectivity index (χ0n) is 9.01. The molecule has 1 aliphatic heterocycles. The molecule has 0 aliphatic carbocycles. The van der Waals surface area contributed by atoms with E-state index in [1.165, 1.54) is 0 Å². The number of rotatable bonds is 3. The summed E-state index contributed by atoms with van der Waals surface area (Å²) in [5, 5.41) is 3.15. The average Bonchev–Trinajstić information content (AvgIpc) is 2.59. The van der Waals surface area contributed by atoms with Crippen LogP contribution in [0.1, 0.15) is 6.42 Å². The number of ether oxygens (including phenoxy) is 1. The van der Waals surface area contributed by atoms with Crippen molar-refractivity contribution >= 4 is 15.5 Å². The molecule has 0 spiro atoms. The van der Waals surface area contributed by atoms with Gasteiger partial charge in [0.1, 0.15) is 0 Å². The molecule has 1 saturated heterocycles. The predicted molar refractivity (Wildman–Crippen MR) is 61.5 cm³/mol. The van der Waals surface area contributed by atoms with Crippen molar-refractivity contribution in [2.75, 3.05) is 23.9 Å². The summed E-state index contributed by atoms with van der Waals surface area (Å²) >= 11 is 0. The lowest BCUT2D eigenvalue weighted by atomic mass is 10.2. The summed E-state index contributed by atoms with van der Waals surface area (Å²) in [6, 6.07) is 3.57. The van der Waals surface area contributed by atoms with Crippen LogP contribution in [0.15, 0.2) is 18.3 Å². The highest BCUT2D eigenvalue weighted by Crippen LogP contribution is 2.18. The SMILES string of the molecule is COc1ccc(NC2CCS(=O)(=O)C2)cn1. The average molecular weight is 242 g/mol. The number of anilines is 1. The fourth-order valence-electron chi connectivity index (χ4n) is 1.73. The number of aromatic nitrogens is 1. The van der Waals surface area contributed by atoms with Gasteiger partial charge in [-0.3, -0.25) is 0 Å². The van der Waals surface area contributed by atoms with Crippen molar-refractivity contribution in [2.45, 2.75) is 12.5 Å². The first kappa shape index (κ1) is 11.2. The maximum Gasteiger partial charge on any atom is 0.213 e. The number of hydrogen-bond donors (Lipinski definition) is 1. The molecule has 1 aliphatic rings. The molecule has 0 bridgehead atoms. The number of hydrogen-bond acceptors (Lipinski definition) is 5. The standard InChI is InChI=1S/C10H14N2O3S/c1-15-10-3-2-8(6-11-10)12-9-4-5-16(13,14)7-9/h2-3,6,9,12H,4-5,7H2,1H3. The molecule has 1 fully saturated rings. The lowest BCUT2D eigenvalue weighted by Crippen LogP contribution is -2.20. The fourth-order valence-corrected chi connectivity index (χ4v) is 3.40. The van der Waals surface area contributed by atoms with Gasteiger partial charge in [0.05, 0.1) is 30.5 Å². The number of nitrogens with zero attached hydrogens (tertiary/aromatic N) is 1. The summed E-state index contributed by atoms with van der Waals surface area (Å²) in [4.78, 5) is 4.04. The Morgan fingerprint density at radius 3 is 2.81 bits per heavy atom. The largest absolute Gasteiger partial charge is 0.481 e. The highest BCUT2D eigenvalue weighted by molar-refractivity contribution is 7.91. The van der Waals surface area contributed by atoms with Crippen molar-refractivity contribution in [2.24, 2.45) is 0 Å². The van der Waals surface area contributed by atoms with E-state index >= 15 is 0 Å². The van der Waals surface area contributed by atoms with E-state index in [0.29, 0.717) is 12.3 Å². The normalized spacial score (nSPS) is 22.9. The van der Waals surface area contributed by atoms with E-state index in [1.807, 2.05) is 6.07 Å². The van der Waals surface area contributed by atoms with Crippen molar-refractivity contribution in [1.29, 1.82) is 0 Å². The summed E-state index contributed by atoms with van der Waals surface area (Å²) < 4.78 is 27.4. The minimum Gasteiger partial charge on any atom is -0.481 e. The Balaban J connectivity index is 1.99. The van der Waals surface area contributed by atoms with Crippen LogP contribution in [0.25, 0.3) is 0 Å². The second kappa shape index (κ2) is 4.29. The van der Waals surface area contributed by atoms with Gasteiger partial charge in [0.2, 0.25) is 5.88 Å². The molecular formula is C10H14N2O3S. The lowest BCUT2D eigenvalue weighted by Gasteiger charge is -2.11. The van der Waals surface area contributed by atoms with Crippen LogP contribution >= 0.6 is 0 Å². The smallest absolute Gasteiger partial charge is 0.213 e. The number of nitrogens with one attached hydrogen (secondary N) is 1. The van der Waals surface area contributed by atoms with Gasteiger partial charge in [-0.2, -0.15) is 0 Å². The molecule has 88 valence electrons. The maximum absolute atomic E-state index is 11.3. The van der Waals surface area contributed by atoms with E-state index in [-0.39, 0.29) is 17.5 Å². The summed E-state index contributed by atoms with van der Waals surface area (Å²) in [6.45, 7) is 0. The van der Waals surface area contributed by atoms with Crippen LogP contribution in [0.2, 0.25) is 0 Å². The molecule has 1 unspecified atom stereocenters. The number of sulfone groups is 1. The first-order valence-electron chi connectivity index (χ1n) is 5.06. The van der Waals surface area contributed by atoms with E-state index in [2.05, 4.69) is 10.3 Å². The molecule has 2 rings (SSSR count). The van der Waals surface area contributed by atoms with Crippen LogP contribution in [0.3, 0.4) is 0 Å². The molecule has 5 nitrogen and oxygen atoms in total. The fraction of sp³-hybridized carbons (Fsp3) is 0.500. The van der Waals surface area contributed by atoms with Crippen molar-refractivity contribution in [3.05, 3.63) is 18.3 Å². The summed E-state index contributed by atoms with van der Waals surface area (Å²) in [5.41, 5.74) is 0.822. The van der Waals surface area contributed by atoms with E-state index in [0.717, 1.165) is 5.69 Å². The molecule has 0 aromatic carbocycles. The molecule has 2 heterocycles. The topological polar surface area (TPSA) is 68.3 Å². The molecule has 1 aromatic rings. The highest BCUT2D eigenvalue weighted by atomic mass is 32.2. The lowest BCUT2D eigenvalue weighted by molar-refractivity contribution is 0.398. The third kappa shape index (κ3) is 2.63. The van der Waals surface area contributed by atoms with E-state index in [1.54, 1.807) is 19.4 Å². The quantitative estimate of drug-likeness (QED) is 0.844. The Kier molecular flexibility index (Phi) is 3.00. The number of methoxy groups -OCH3 is 1. The zero-order valence-corrected chi connectivity index (χ0v) is 9.83. The molecule has 1 aromatic heterocycles. The Labute approximate surface area is 94.8 Å². The monoisotopic (exact) mass is 242 g/mol. The minimum atomic E-state index is -2.84. The van der Waals surface area contributed by atoms with Crippen LogP contribution in [0.5, 0.6) is 5.88 Å². The number of pyridine rings is 1. The van der Waals surface area contributed by atoms with Crippen LogP contribution in [-0.4, -0.2) is 38.1 Å². The van der Waals surface area contributed by atoms with E-state index in [9.17, 15) is 8.42 Å². The highest BCUT2D eigenvalue weighted by Gasteiger charge is 2.27. The third-order valence-corrected chi connectivity index (χ3v) is 4.32. The van der Waals surface area contributed by atoms with E-state index in [4.69, 9.17) is 4.74 Å². The minimum absolute atomic E-state index is 0.000180. The molecule has 0 radical (unpaired) electrons. The van der Waals surface area contributed by atoms with Crippen LogP contribution in [0, 0.1) is 0 Å². The summed E-state index contributed by atoms with van der Waals surface area (Å²) in [6.07, 6.45) is 2.30. The molecule has 6 heteroatoms. The zero-order chi connectivity index (χ0) is 11.6. The summed E-state index contributed by atoms with van der Waals surface area (Å²) in [5.74, 6) is 1.03. The van der Waals surface area contributed by atoms with Crippen molar-refractivity contribution in [3.63, 3.8) is 0 Å².